The monoisotopic (exact) mass is 263 g/mol. The van der Waals surface area contributed by atoms with Gasteiger partial charge in [0.15, 0.2) is 0 Å². The zero-order valence-corrected chi connectivity index (χ0v) is 11.9. The molecule has 2 unspecified atom stereocenters. The Morgan fingerprint density at radius 1 is 1.42 bits per heavy atom. The molecule has 0 spiro atoms. The second-order valence-electron chi connectivity index (χ2n) is 5.68. The number of rotatable bonds is 5. The van der Waals surface area contributed by atoms with Gasteiger partial charge in [-0.3, -0.25) is 0 Å². The van der Waals surface area contributed by atoms with Gasteiger partial charge in [-0.05, 0) is 51.2 Å². The topological polar surface area (TPSA) is 52.7 Å². The molecule has 0 bridgehead atoms. The molecule has 1 saturated heterocycles. The molecule has 0 amide bonds. The van der Waals surface area contributed by atoms with E-state index >= 15 is 0 Å². The number of likely N-dealkylation sites (N-methyl/N-ethyl adjacent to an activating group) is 2. The minimum Gasteiger partial charge on any atom is -0.399 e. The Labute approximate surface area is 115 Å². The summed E-state index contributed by atoms with van der Waals surface area (Å²) in [6, 6.07) is 8.10. The van der Waals surface area contributed by atoms with E-state index in [0.29, 0.717) is 12.6 Å². The number of hydrogen-bond donors (Lipinski definition) is 2. The molecule has 4 heteroatoms. The molecule has 106 valence electrons. The van der Waals surface area contributed by atoms with Crippen molar-refractivity contribution >= 4 is 5.69 Å². The largest absolute Gasteiger partial charge is 0.399 e. The summed E-state index contributed by atoms with van der Waals surface area (Å²) in [5.41, 5.74) is 7.32. The van der Waals surface area contributed by atoms with Gasteiger partial charge in [0, 0.05) is 24.8 Å². The van der Waals surface area contributed by atoms with Gasteiger partial charge in [-0.15, -0.1) is 0 Å². The first kappa shape index (κ1) is 14.3. The lowest BCUT2D eigenvalue weighted by Crippen LogP contribution is -2.38. The van der Waals surface area contributed by atoms with Crippen LogP contribution in [0.4, 0.5) is 5.69 Å². The van der Waals surface area contributed by atoms with E-state index in [1.54, 1.807) is 0 Å². The standard InChI is InChI=1S/C15H25N3O/c1-17(10-14-4-3-9-18(14)2)11-15(19)12-5-7-13(16)8-6-12/h5-8,14-15,19H,3-4,9-11,16H2,1-2H3. The first-order valence-electron chi connectivity index (χ1n) is 6.98. The molecular formula is C15H25N3O. The normalized spacial score (nSPS) is 22.0. The van der Waals surface area contributed by atoms with Crippen LogP contribution in [-0.2, 0) is 0 Å². The molecule has 2 atom stereocenters. The Morgan fingerprint density at radius 2 is 2.11 bits per heavy atom. The molecule has 19 heavy (non-hydrogen) atoms. The van der Waals surface area contributed by atoms with Gasteiger partial charge >= 0.3 is 0 Å². The average molecular weight is 263 g/mol. The molecule has 1 aromatic rings. The van der Waals surface area contributed by atoms with E-state index in [9.17, 15) is 5.11 Å². The van der Waals surface area contributed by atoms with E-state index < -0.39 is 6.10 Å². The van der Waals surface area contributed by atoms with Crippen LogP contribution in [0.15, 0.2) is 24.3 Å². The van der Waals surface area contributed by atoms with E-state index in [1.165, 1.54) is 19.4 Å². The summed E-state index contributed by atoms with van der Waals surface area (Å²) < 4.78 is 0. The first-order valence-corrected chi connectivity index (χ1v) is 6.98. The minimum atomic E-state index is -0.447. The Morgan fingerprint density at radius 3 is 2.68 bits per heavy atom. The number of nitrogens with two attached hydrogens (primary N) is 1. The molecular weight excluding hydrogens is 238 g/mol. The van der Waals surface area contributed by atoms with E-state index in [0.717, 1.165) is 17.8 Å². The molecule has 0 saturated carbocycles. The third kappa shape index (κ3) is 3.93. The molecule has 0 radical (unpaired) electrons. The van der Waals surface area contributed by atoms with Crippen molar-refractivity contribution in [2.24, 2.45) is 0 Å². The van der Waals surface area contributed by atoms with Crippen molar-refractivity contribution in [2.75, 3.05) is 39.5 Å². The van der Waals surface area contributed by atoms with Crippen LogP contribution in [0.3, 0.4) is 0 Å². The Balaban J connectivity index is 1.84. The van der Waals surface area contributed by atoms with E-state index in [1.807, 2.05) is 24.3 Å². The summed E-state index contributed by atoms with van der Waals surface area (Å²) in [5, 5.41) is 10.2. The maximum atomic E-state index is 10.2. The highest BCUT2D eigenvalue weighted by Gasteiger charge is 2.22. The lowest BCUT2D eigenvalue weighted by Gasteiger charge is -2.27. The fraction of sp³-hybridized carbons (Fsp3) is 0.600. The van der Waals surface area contributed by atoms with Gasteiger partial charge in [0.2, 0.25) is 0 Å². The van der Waals surface area contributed by atoms with Crippen LogP contribution >= 0.6 is 0 Å². The number of nitrogen functional groups attached to an aromatic ring is 1. The van der Waals surface area contributed by atoms with Crippen LogP contribution in [0.5, 0.6) is 0 Å². The minimum absolute atomic E-state index is 0.447. The summed E-state index contributed by atoms with van der Waals surface area (Å²) in [4.78, 5) is 4.62. The second-order valence-corrected chi connectivity index (χ2v) is 5.68. The van der Waals surface area contributed by atoms with Gasteiger partial charge in [0.05, 0.1) is 6.10 Å². The predicted molar refractivity (Wildman–Crippen MR) is 79.0 cm³/mol. The Kier molecular flexibility index (Phi) is 4.80. The molecule has 1 aliphatic rings. The van der Waals surface area contributed by atoms with Crippen molar-refractivity contribution in [2.45, 2.75) is 25.0 Å². The van der Waals surface area contributed by atoms with Gasteiger partial charge in [-0.1, -0.05) is 12.1 Å². The van der Waals surface area contributed by atoms with Crippen molar-refractivity contribution in [3.05, 3.63) is 29.8 Å². The van der Waals surface area contributed by atoms with E-state index in [2.05, 4.69) is 23.9 Å². The number of benzene rings is 1. The number of likely N-dealkylation sites (tertiary alicyclic amines) is 1. The smallest absolute Gasteiger partial charge is 0.0916 e. The number of aliphatic hydroxyl groups is 1. The third-order valence-corrected chi connectivity index (χ3v) is 4.00. The van der Waals surface area contributed by atoms with Crippen molar-refractivity contribution in [3.8, 4) is 0 Å². The molecule has 1 heterocycles. The molecule has 0 aliphatic carbocycles. The maximum Gasteiger partial charge on any atom is 0.0916 e. The van der Waals surface area contributed by atoms with Crippen LogP contribution < -0.4 is 5.73 Å². The maximum absolute atomic E-state index is 10.2. The molecule has 1 aromatic carbocycles. The zero-order chi connectivity index (χ0) is 13.8. The number of anilines is 1. The summed E-state index contributed by atoms with van der Waals surface area (Å²) >= 11 is 0. The molecule has 3 N–H and O–H groups in total. The van der Waals surface area contributed by atoms with Gasteiger partial charge in [0.1, 0.15) is 0 Å². The van der Waals surface area contributed by atoms with Gasteiger partial charge in [0.25, 0.3) is 0 Å². The Bertz CT molecular complexity index is 393. The molecule has 1 aliphatic heterocycles. The zero-order valence-electron chi connectivity index (χ0n) is 11.9. The highest BCUT2D eigenvalue weighted by molar-refractivity contribution is 5.39. The first-order chi connectivity index (χ1) is 9.06. The molecule has 1 fully saturated rings. The van der Waals surface area contributed by atoms with Crippen LogP contribution in [0.2, 0.25) is 0 Å². The number of hydrogen-bond acceptors (Lipinski definition) is 4. The van der Waals surface area contributed by atoms with Crippen molar-refractivity contribution in [1.29, 1.82) is 0 Å². The third-order valence-electron chi connectivity index (χ3n) is 4.00. The summed E-state index contributed by atoms with van der Waals surface area (Å²) in [6.45, 7) is 2.87. The van der Waals surface area contributed by atoms with E-state index in [-0.39, 0.29) is 0 Å². The summed E-state index contributed by atoms with van der Waals surface area (Å²) in [7, 11) is 4.26. The summed E-state index contributed by atoms with van der Waals surface area (Å²) in [5.74, 6) is 0. The fourth-order valence-electron chi connectivity index (χ4n) is 2.76. The molecule has 2 rings (SSSR count). The lowest BCUT2D eigenvalue weighted by molar-refractivity contribution is 0.113. The quantitative estimate of drug-likeness (QED) is 0.787. The van der Waals surface area contributed by atoms with Crippen molar-refractivity contribution < 1.29 is 5.11 Å². The molecule has 4 nitrogen and oxygen atoms in total. The van der Waals surface area contributed by atoms with Gasteiger partial charge in [-0.25, -0.2) is 0 Å². The highest BCUT2D eigenvalue weighted by atomic mass is 16.3. The fourth-order valence-corrected chi connectivity index (χ4v) is 2.76. The summed E-state index contributed by atoms with van der Waals surface area (Å²) in [6.07, 6.45) is 2.10. The number of aliphatic hydroxyl groups excluding tert-OH is 1. The average Bonchev–Trinajstić information content (AvgIpc) is 2.75. The second kappa shape index (κ2) is 6.37. The predicted octanol–water partition coefficient (Wildman–Crippen LogP) is 1.33. The van der Waals surface area contributed by atoms with Crippen LogP contribution in [0.25, 0.3) is 0 Å². The van der Waals surface area contributed by atoms with Crippen molar-refractivity contribution in [3.63, 3.8) is 0 Å². The van der Waals surface area contributed by atoms with Crippen molar-refractivity contribution in [1.82, 2.24) is 9.80 Å². The Hall–Kier alpha value is -1.10. The van der Waals surface area contributed by atoms with Crippen LogP contribution in [0.1, 0.15) is 24.5 Å². The van der Waals surface area contributed by atoms with Crippen LogP contribution in [0, 0.1) is 0 Å². The van der Waals surface area contributed by atoms with Gasteiger partial charge in [-0.2, -0.15) is 0 Å². The van der Waals surface area contributed by atoms with E-state index in [4.69, 9.17) is 5.73 Å². The number of nitrogens with zero attached hydrogens (tertiary/aromatic N) is 2. The highest BCUT2D eigenvalue weighted by Crippen LogP contribution is 2.18. The van der Waals surface area contributed by atoms with Gasteiger partial charge < -0.3 is 20.6 Å². The van der Waals surface area contributed by atoms with Crippen LogP contribution in [-0.4, -0.2) is 54.7 Å². The lowest BCUT2D eigenvalue weighted by atomic mass is 10.1. The molecule has 0 aromatic heterocycles. The SMILES string of the molecule is CN(CC(O)c1ccc(N)cc1)CC1CCCN1C.